The maximum Gasteiger partial charge on any atom is 0.248 e. The topological polar surface area (TPSA) is 94.5 Å². The molecule has 3 rings (SSSR count). The third-order valence-corrected chi connectivity index (χ3v) is 5.45. The lowest BCUT2D eigenvalue weighted by atomic mass is 10.1. The number of halogens is 1. The van der Waals surface area contributed by atoms with Crippen LogP contribution in [0.4, 0.5) is 11.4 Å². The standard InChI is InChI=1S/C25H27ClN4O4/c1-15-12-16(2)30(29-15)17(3)25(32)28-22-9-7-19(14-21(22)26)27-24(31)11-6-18-13-20(33-4)8-10-23(18)34-5/h6-14,17H,1-5H3,(H,27,31)(H,28,32)/b11-6+. The van der Waals surface area contributed by atoms with E-state index in [1.165, 1.54) is 6.08 Å². The number of nitrogens with one attached hydrogen (secondary N) is 2. The smallest absolute Gasteiger partial charge is 0.248 e. The zero-order chi connectivity index (χ0) is 24.8. The number of hydrogen-bond acceptors (Lipinski definition) is 5. The van der Waals surface area contributed by atoms with E-state index in [0.29, 0.717) is 33.5 Å². The van der Waals surface area contributed by atoms with Gasteiger partial charge in [0.15, 0.2) is 0 Å². The maximum atomic E-state index is 12.7. The summed E-state index contributed by atoms with van der Waals surface area (Å²) in [5.74, 6) is 0.663. The van der Waals surface area contributed by atoms with Gasteiger partial charge in [0, 0.05) is 23.0 Å². The molecule has 0 radical (unpaired) electrons. The number of benzene rings is 2. The van der Waals surface area contributed by atoms with Gasteiger partial charge >= 0.3 is 0 Å². The fraction of sp³-hybridized carbons (Fsp3) is 0.240. The van der Waals surface area contributed by atoms with Crippen LogP contribution < -0.4 is 20.1 Å². The van der Waals surface area contributed by atoms with Gasteiger partial charge < -0.3 is 20.1 Å². The molecule has 2 N–H and O–H groups in total. The van der Waals surface area contributed by atoms with E-state index in [9.17, 15) is 9.59 Å². The second kappa shape index (κ2) is 10.9. The van der Waals surface area contributed by atoms with Crippen LogP contribution in [0.15, 0.2) is 48.5 Å². The van der Waals surface area contributed by atoms with Crippen molar-refractivity contribution >= 4 is 40.9 Å². The van der Waals surface area contributed by atoms with Crippen molar-refractivity contribution in [2.45, 2.75) is 26.8 Å². The lowest BCUT2D eigenvalue weighted by Crippen LogP contribution is -2.25. The van der Waals surface area contributed by atoms with Crippen LogP contribution in [-0.4, -0.2) is 35.8 Å². The number of aryl methyl sites for hydroxylation is 2. The monoisotopic (exact) mass is 482 g/mol. The number of methoxy groups -OCH3 is 2. The summed E-state index contributed by atoms with van der Waals surface area (Å²) in [6.45, 7) is 5.54. The molecule has 1 unspecified atom stereocenters. The van der Waals surface area contributed by atoms with Crippen LogP contribution in [-0.2, 0) is 9.59 Å². The first-order valence-electron chi connectivity index (χ1n) is 10.6. The molecule has 8 nitrogen and oxygen atoms in total. The van der Waals surface area contributed by atoms with Gasteiger partial charge in [0.25, 0.3) is 0 Å². The van der Waals surface area contributed by atoms with Crippen molar-refractivity contribution in [2.75, 3.05) is 24.9 Å². The second-order valence-electron chi connectivity index (χ2n) is 7.66. The number of nitrogens with zero attached hydrogens (tertiary/aromatic N) is 2. The van der Waals surface area contributed by atoms with Crippen molar-refractivity contribution in [2.24, 2.45) is 0 Å². The number of carbonyl (C=O) groups excluding carboxylic acids is 2. The van der Waals surface area contributed by atoms with E-state index in [4.69, 9.17) is 21.1 Å². The van der Waals surface area contributed by atoms with E-state index in [1.54, 1.807) is 68.3 Å². The number of carbonyl (C=O) groups is 2. The van der Waals surface area contributed by atoms with Crippen LogP contribution in [0.3, 0.4) is 0 Å². The van der Waals surface area contributed by atoms with Gasteiger partial charge in [-0.25, -0.2) is 0 Å². The van der Waals surface area contributed by atoms with Crippen molar-refractivity contribution in [3.05, 3.63) is 70.5 Å². The highest BCUT2D eigenvalue weighted by molar-refractivity contribution is 6.34. The fourth-order valence-electron chi connectivity index (χ4n) is 3.40. The third-order valence-electron chi connectivity index (χ3n) is 5.14. The summed E-state index contributed by atoms with van der Waals surface area (Å²) in [6, 6.07) is 11.6. The molecular formula is C25H27ClN4O4. The van der Waals surface area contributed by atoms with Gasteiger partial charge in [-0.15, -0.1) is 0 Å². The quantitative estimate of drug-likeness (QED) is 0.439. The van der Waals surface area contributed by atoms with E-state index >= 15 is 0 Å². The molecule has 0 aliphatic rings. The summed E-state index contributed by atoms with van der Waals surface area (Å²) in [4.78, 5) is 25.1. The summed E-state index contributed by atoms with van der Waals surface area (Å²) in [7, 11) is 3.12. The molecule has 0 spiro atoms. The summed E-state index contributed by atoms with van der Waals surface area (Å²) in [6.07, 6.45) is 3.02. The molecule has 9 heteroatoms. The van der Waals surface area contributed by atoms with Crippen LogP contribution in [0.5, 0.6) is 11.5 Å². The van der Waals surface area contributed by atoms with Crippen molar-refractivity contribution < 1.29 is 19.1 Å². The largest absolute Gasteiger partial charge is 0.497 e. The van der Waals surface area contributed by atoms with Gasteiger partial charge in [0.1, 0.15) is 17.5 Å². The first-order chi connectivity index (χ1) is 16.2. The highest BCUT2D eigenvalue weighted by Crippen LogP contribution is 2.27. The van der Waals surface area contributed by atoms with Gasteiger partial charge in [0.05, 0.1) is 30.6 Å². The summed E-state index contributed by atoms with van der Waals surface area (Å²) < 4.78 is 12.2. The van der Waals surface area contributed by atoms with Crippen LogP contribution in [0.1, 0.15) is 29.9 Å². The van der Waals surface area contributed by atoms with E-state index in [0.717, 1.165) is 11.4 Å². The van der Waals surface area contributed by atoms with Crippen LogP contribution in [0.25, 0.3) is 6.08 Å². The minimum Gasteiger partial charge on any atom is -0.497 e. The number of hydrogen-bond donors (Lipinski definition) is 2. The van der Waals surface area contributed by atoms with E-state index < -0.39 is 6.04 Å². The molecule has 0 aliphatic heterocycles. The molecule has 1 heterocycles. The Kier molecular flexibility index (Phi) is 7.96. The molecule has 0 bridgehead atoms. The zero-order valence-corrected chi connectivity index (χ0v) is 20.4. The summed E-state index contributed by atoms with van der Waals surface area (Å²) in [5, 5.41) is 10.2. The van der Waals surface area contributed by atoms with E-state index in [1.807, 2.05) is 19.9 Å². The van der Waals surface area contributed by atoms with Gasteiger partial charge in [-0.3, -0.25) is 14.3 Å². The highest BCUT2D eigenvalue weighted by Gasteiger charge is 2.19. The summed E-state index contributed by atoms with van der Waals surface area (Å²) >= 11 is 6.35. The molecule has 2 amide bonds. The van der Waals surface area contributed by atoms with Gasteiger partial charge in [-0.2, -0.15) is 5.10 Å². The molecule has 0 aliphatic carbocycles. The molecule has 0 saturated heterocycles. The summed E-state index contributed by atoms with van der Waals surface area (Å²) in [5.41, 5.74) is 3.36. The number of ether oxygens (including phenoxy) is 2. The molecule has 1 atom stereocenters. The normalized spacial score (nSPS) is 11.8. The van der Waals surface area contributed by atoms with Crippen molar-refractivity contribution in [1.82, 2.24) is 9.78 Å². The van der Waals surface area contributed by atoms with Crippen LogP contribution in [0, 0.1) is 13.8 Å². The average Bonchev–Trinajstić information content (AvgIpc) is 3.16. The fourth-order valence-corrected chi connectivity index (χ4v) is 3.63. The van der Waals surface area contributed by atoms with Crippen molar-refractivity contribution in [1.29, 1.82) is 0 Å². The minimum atomic E-state index is -0.511. The molecule has 3 aromatic rings. The Hall–Kier alpha value is -3.78. The molecule has 34 heavy (non-hydrogen) atoms. The number of aromatic nitrogens is 2. The Morgan fingerprint density at radius 3 is 2.44 bits per heavy atom. The van der Waals surface area contributed by atoms with Crippen molar-refractivity contribution in [3.8, 4) is 11.5 Å². The van der Waals surface area contributed by atoms with Gasteiger partial charge in [-0.05, 0) is 69.3 Å². The SMILES string of the molecule is COc1ccc(OC)c(/C=C/C(=O)Nc2ccc(NC(=O)C(C)n3nc(C)cc3C)c(Cl)c2)c1. The second-order valence-corrected chi connectivity index (χ2v) is 8.07. The lowest BCUT2D eigenvalue weighted by Gasteiger charge is -2.15. The zero-order valence-electron chi connectivity index (χ0n) is 19.7. The van der Waals surface area contributed by atoms with Gasteiger partial charge in [0.2, 0.25) is 11.8 Å². The lowest BCUT2D eigenvalue weighted by molar-refractivity contribution is -0.119. The first-order valence-corrected chi connectivity index (χ1v) is 10.9. The molecule has 1 aromatic heterocycles. The molecule has 178 valence electrons. The van der Waals surface area contributed by atoms with Gasteiger partial charge in [-0.1, -0.05) is 11.6 Å². The number of anilines is 2. The van der Waals surface area contributed by atoms with Crippen molar-refractivity contribution in [3.63, 3.8) is 0 Å². The predicted octanol–water partition coefficient (Wildman–Crippen LogP) is 5.02. The Labute approximate surface area is 203 Å². The molecule has 0 saturated carbocycles. The maximum absolute atomic E-state index is 12.7. The first kappa shape index (κ1) is 24.9. The number of amides is 2. The van der Waals surface area contributed by atoms with E-state index in [2.05, 4.69) is 15.7 Å². The Bertz CT molecular complexity index is 1240. The molecule has 2 aromatic carbocycles. The minimum absolute atomic E-state index is 0.250. The molecular weight excluding hydrogens is 456 g/mol. The van der Waals surface area contributed by atoms with E-state index in [-0.39, 0.29) is 11.8 Å². The Morgan fingerprint density at radius 1 is 1.06 bits per heavy atom. The molecule has 0 fully saturated rings. The van der Waals surface area contributed by atoms with Crippen LogP contribution in [0.2, 0.25) is 5.02 Å². The Balaban J connectivity index is 1.66. The average molecular weight is 483 g/mol. The predicted molar refractivity (Wildman–Crippen MR) is 134 cm³/mol. The third kappa shape index (κ3) is 5.96. The highest BCUT2D eigenvalue weighted by atomic mass is 35.5. The Morgan fingerprint density at radius 2 is 1.82 bits per heavy atom. The van der Waals surface area contributed by atoms with Crippen LogP contribution >= 0.6 is 11.6 Å². The number of rotatable bonds is 8.